The number of methoxy groups -OCH3 is 1. The highest BCUT2D eigenvalue weighted by atomic mass is 16.7. The van der Waals surface area contributed by atoms with E-state index in [-0.39, 0.29) is 42.8 Å². The quantitative estimate of drug-likeness (QED) is 0.134. The van der Waals surface area contributed by atoms with Gasteiger partial charge in [0.15, 0.2) is 17.3 Å². The summed E-state index contributed by atoms with van der Waals surface area (Å²) >= 11 is 0. The van der Waals surface area contributed by atoms with E-state index in [0.717, 1.165) is 46.1 Å². The Morgan fingerprint density at radius 1 is 1.12 bits per heavy atom. The van der Waals surface area contributed by atoms with Crippen LogP contribution in [0.3, 0.4) is 0 Å². The molecule has 1 aliphatic carbocycles. The van der Waals surface area contributed by atoms with Gasteiger partial charge in [0.1, 0.15) is 11.8 Å². The van der Waals surface area contributed by atoms with Crippen molar-refractivity contribution in [3.63, 3.8) is 0 Å². The molecule has 8 nitrogen and oxygen atoms in total. The van der Waals surface area contributed by atoms with E-state index in [4.69, 9.17) is 19.2 Å². The van der Waals surface area contributed by atoms with Crippen LogP contribution < -0.4 is 9.47 Å². The van der Waals surface area contributed by atoms with Crippen molar-refractivity contribution in [2.24, 2.45) is 0 Å². The summed E-state index contributed by atoms with van der Waals surface area (Å²) in [7, 11) is 1.54. The van der Waals surface area contributed by atoms with Gasteiger partial charge in [0.25, 0.3) is 0 Å². The first kappa shape index (κ1) is 27.2. The Morgan fingerprint density at radius 2 is 1.95 bits per heavy atom. The van der Waals surface area contributed by atoms with E-state index in [1.807, 2.05) is 30.5 Å². The highest BCUT2D eigenvalue weighted by Gasteiger charge is 2.30. The molecule has 2 aliphatic rings. The van der Waals surface area contributed by atoms with Crippen LogP contribution in [0.25, 0.3) is 28.1 Å². The Morgan fingerprint density at radius 3 is 2.74 bits per heavy atom. The summed E-state index contributed by atoms with van der Waals surface area (Å²) in [5.41, 5.74) is 5.54. The molecular weight excluding hydrogens is 530 g/mol. The number of H-pyrrole nitrogens is 1. The number of Topliss-reactive ketones (excluding diaryl/α,β-unsaturated/α-hetero) is 1. The number of fused-ring (bicyclic) bond motifs is 2. The normalized spacial score (nSPS) is 14.7. The molecule has 0 unspecified atom stereocenters. The number of hydrogen-bond donors (Lipinski definition) is 1. The van der Waals surface area contributed by atoms with Crippen molar-refractivity contribution in [2.45, 2.75) is 32.1 Å². The lowest BCUT2D eigenvalue weighted by Crippen LogP contribution is -2.10. The second-order valence-electron chi connectivity index (χ2n) is 10.5. The average molecular weight is 560 g/mol. The van der Waals surface area contributed by atoms with E-state index in [9.17, 15) is 14.9 Å². The standard InChI is InChI=1S/C34H29N3O5/c1-20(26(29(38)10-12-40-2)14-21-3-8-31-32(15-21)42-19-41-31)13-30(39)34-25(18-35)17-27(33(37-34)22-4-5-22)23-6-7-28-24(16-23)9-11-36-28/h3,6-9,11,13-17,22,36H,4-5,10,12,19H2,1-2H3. The number of nitriles is 1. The number of allylic oxidation sites excluding steroid dienone is 3. The van der Waals surface area contributed by atoms with Crippen molar-refractivity contribution in [1.82, 2.24) is 9.97 Å². The summed E-state index contributed by atoms with van der Waals surface area (Å²) in [5.74, 6) is 0.882. The van der Waals surface area contributed by atoms with E-state index in [2.05, 4.69) is 17.1 Å². The van der Waals surface area contributed by atoms with Crippen LogP contribution in [0, 0.1) is 11.3 Å². The number of aromatic amines is 1. The molecule has 1 saturated carbocycles. The Bertz CT molecular complexity index is 1820. The van der Waals surface area contributed by atoms with Gasteiger partial charge in [0.2, 0.25) is 12.6 Å². The minimum atomic E-state index is -0.422. The number of nitrogens with zero attached hydrogens (tertiary/aromatic N) is 2. The summed E-state index contributed by atoms with van der Waals surface area (Å²) in [6, 6.07) is 17.4. The van der Waals surface area contributed by atoms with Crippen molar-refractivity contribution in [2.75, 3.05) is 20.5 Å². The van der Waals surface area contributed by atoms with Crippen LogP contribution in [-0.2, 0) is 9.53 Å². The van der Waals surface area contributed by atoms with Gasteiger partial charge in [-0.2, -0.15) is 5.26 Å². The van der Waals surface area contributed by atoms with E-state index >= 15 is 0 Å². The van der Waals surface area contributed by atoms with Crippen molar-refractivity contribution in [3.05, 3.63) is 94.5 Å². The van der Waals surface area contributed by atoms with Crippen molar-refractivity contribution < 1.29 is 23.8 Å². The Labute approximate surface area is 243 Å². The number of nitrogens with one attached hydrogen (secondary N) is 1. The zero-order valence-electron chi connectivity index (χ0n) is 23.4. The minimum Gasteiger partial charge on any atom is -0.454 e. The fourth-order valence-electron chi connectivity index (χ4n) is 5.18. The molecule has 2 aromatic heterocycles. The van der Waals surface area contributed by atoms with Crippen LogP contribution in [0.1, 0.15) is 59.4 Å². The third kappa shape index (κ3) is 5.47. The second kappa shape index (κ2) is 11.5. The molecule has 6 rings (SSSR count). The van der Waals surface area contributed by atoms with E-state index in [1.165, 1.54) is 13.2 Å². The maximum atomic E-state index is 13.7. The maximum Gasteiger partial charge on any atom is 0.231 e. The summed E-state index contributed by atoms with van der Waals surface area (Å²) < 4.78 is 16.0. The molecule has 2 aromatic carbocycles. The molecule has 210 valence electrons. The maximum absolute atomic E-state index is 13.7. The lowest BCUT2D eigenvalue weighted by Gasteiger charge is -2.13. The van der Waals surface area contributed by atoms with Gasteiger partial charge in [0, 0.05) is 42.3 Å². The molecule has 0 amide bonds. The summed E-state index contributed by atoms with van der Waals surface area (Å²) in [4.78, 5) is 34.9. The lowest BCUT2D eigenvalue weighted by atomic mass is 9.94. The third-order valence-electron chi connectivity index (χ3n) is 7.55. The zero-order chi connectivity index (χ0) is 29.2. The molecule has 3 heterocycles. The van der Waals surface area contributed by atoms with Crippen molar-refractivity contribution >= 4 is 28.5 Å². The van der Waals surface area contributed by atoms with Gasteiger partial charge in [-0.25, -0.2) is 4.98 Å². The fraction of sp³-hybridized carbons (Fsp3) is 0.235. The summed E-state index contributed by atoms with van der Waals surface area (Å²) in [5, 5.41) is 11.1. The SMILES string of the molecule is COCCC(=O)C(=Cc1ccc2c(c1)OCO2)C(C)=CC(=O)c1nc(C2CC2)c(-c2ccc3[nH]ccc3c2)cc1C#N. The van der Waals surface area contributed by atoms with Gasteiger partial charge in [-0.1, -0.05) is 12.1 Å². The van der Waals surface area contributed by atoms with E-state index in [0.29, 0.717) is 22.6 Å². The highest BCUT2D eigenvalue weighted by Crippen LogP contribution is 2.44. The van der Waals surface area contributed by atoms with Gasteiger partial charge in [-0.3, -0.25) is 9.59 Å². The van der Waals surface area contributed by atoms with E-state index < -0.39 is 5.78 Å². The molecule has 1 N–H and O–H groups in total. The van der Waals surface area contributed by atoms with Crippen LogP contribution in [0.2, 0.25) is 0 Å². The predicted molar refractivity (Wildman–Crippen MR) is 158 cm³/mol. The smallest absolute Gasteiger partial charge is 0.231 e. The monoisotopic (exact) mass is 559 g/mol. The molecule has 0 bridgehead atoms. The fourth-order valence-corrected chi connectivity index (χ4v) is 5.18. The highest BCUT2D eigenvalue weighted by molar-refractivity contribution is 6.10. The van der Waals surface area contributed by atoms with E-state index in [1.54, 1.807) is 31.2 Å². The molecule has 0 saturated heterocycles. The van der Waals surface area contributed by atoms with Crippen LogP contribution in [0.15, 0.2) is 72.0 Å². The van der Waals surface area contributed by atoms with Crippen molar-refractivity contribution in [1.29, 1.82) is 5.26 Å². The molecule has 0 radical (unpaired) electrons. The first-order valence-electron chi connectivity index (χ1n) is 13.8. The van der Waals surface area contributed by atoms with Crippen LogP contribution in [0.4, 0.5) is 0 Å². The number of carbonyl (C=O) groups excluding carboxylic acids is 2. The number of benzene rings is 2. The number of ketones is 2. The summed E-state index contributed by atoms with van der Waals surface area (Å²) in [6.07, 6.45) is 7.14. The largest absolute Gasteiger partial charge is 0.454 e. The van der Waals surface area contributed by atoms with Crippen molar-refractivity contribution in [3.8, 4) is 28.7 Å². The van der Waals surface area contributed by atoms with Gasteiger partial charge >= 0.3 is 0 Å². The van der Waals surface area contributed by atoms with Gasteiger partial charge in [-0.05, 0) is 90.4 Å². The molecular formula is C34H29N3O5. The molecule has 1 aliphatic heterocycles. The number of aromatic nitrogens is 2. The second-order valence-corrected chi connectivity index (χ2v) is 10.5. The predicted octanol–water partition coefficient (Wildman–Crippen LogP) is 6.53. The molecule has 8 heteroatoms. The Hall–Kier alpha value is -5.00. The molecule has 42 heavy (non-hydrogen) atoms. The third-order valence-corrected chi connectivity index (χ3v) is 7.55. The zero-order valence-corrected chi connectivity index (χ0v) is 23.4. The lowest BCUT2D eigenvalue weighted by molar-refractivity contribution is -0.116. The molecule has 0 atom stereocenters. The minimum absolute atomic E-state index is 0.0944. The van der Waals surface area contributed by atoms with Gasteiger partial charge in [0.05, 0.1) is 17.9 Å². The number of pyridine rings is 1. The molecule has 1 fully saturated rings. The van der Waals surface area contributed by atoms with Gasteiger partial charge in [-0.15, -0.1) is 0 Å². The Kier molecular flexibility index (Phi) is 7.43. The first-order chi connectivity index (χ1) is 20.4. The number of rotatable bonds is 10. The number of ether oxygens (including phenoxy) is 3. The number of hydrogen-bond acceptors (Lipinski definition) is 7. The first-order valence-corrected chi connectivity index (χ1v) is 13.8. The van der Waals surface area contributed by atoms with Crippen LogP contribution >= 0.6 is 0 Å². The average Bonchev–Trinajstić information content (AvgIpc) is 3.55. The van der Waals surface area contributed by atoms with Gasteiger partial charge < -0.3 is 19.2 Å². The molecule has 0 spiro atoms. The van der Waals surface area contributed by atoms with Crippen LogP contribution in [0.5, 0.6) is 11.5 Å². The van der Waals surface area contributed by atoms with Crippen LogP contribution in [-0.4, -0.2) is 42.0 Å². The Balaban J connectivity index is 1.38. The summed E-state index contributed by atoms with van der Waals surface area (Å²) in [6.45, 7) is 2.11. The molecule has 4 aromatic rings. The number of carbonyl (C=O) groups is 2. The topological polar surface area (TPSA) is 114 Å².